The van der Waals surface area contributed by atoms with E-state index >= 15 is 0 Å². The van der Waals surface area contributed by atoms with E-state index in [9.17, 15) is 19.2 Å². The van der Waals surface area contributed by atoms with Crippen LogP contribution in [0, 0.1) is 23.7 Å². The molecule has 0 N–H and O–H groups in total. The van der Waals surface area contributed by atoms with Crippen molar-refractivity contribution < 1.29 is 38.1 Å². The molecular weight excluding hydrogens is 596 g/mol. The van der Waals surface area contributed by atoms with Crippen LogP contribution in [0.5, 0.6) is 0 Å². The summed E-state index contributed by atoms with van der Waals surface area (Å²) in [7, 11) is 0. The maximum absolute atomic E-state index is 14.8. The summed E-state index contributed by atoms with van der Waals surface area (Å²) in [5.41, 5.74) is -2.47. The second-order valence-corrected chi connectivity index (χ2v) is 16.6. The second kappa shape index (κ2) is 13.1. The van der Waals surface area contributed by atoms with Gasteiger partial charge >= 0.3 is 23.9 Å². The number of carbonyl (C=O) groups is 4. The standard InChI is InChI=1S/C39H54O8/c1-23(31(40)44-35(3,4)5)29(33(42)46-37(9,10)11)39(27-21-17-15-19-25(27)26-20-16-18-22-28(26)39)30(34(43)47-38(12,13)14)24(2)32(41)45-36(6,7)8/h15-24,29-30H,1-14H3. The summed E-state index contributed by atoms with van der Waals surface area (Å²) in [6.07, 6.45) is 0. The van der Waals surface area contributed by atoms with Gasteiger partial charge in [-0.05, 0) is 105 Å². The van der Waals surface area contributed by atoms with Gasteiger partial charge in [-0.25, -0.2) is 0 Å². The van der Waals surface area contributed by atoms with E-state index in [1.807, 2.05) is 48.5 Å². The third-order valence-corrected chi connectivity index (χ3v) is 7.90. The van der Waals surface area contributed by atoms with Crippen LogP contribution in [-0.2, 0) is 43.5 Å². The number of hydrogen-bond acceptors (Lipinski definition) is 8. The summed E-state index contributed by atoms with van der Waals surface area (Å²) in [6.45, 7) is 24.3. The zero-order valence-electron chi connectivity index (χ0n) is 30.7. The monoisotopic (exact) mass is 650 g/mol. The lowest BCUT2D eigenvalue weighted by molar-refractivity contribution is -0.184. The molecule has 3 rings (SSSR count). The van der Waals surface area contributed by atoms with E-state index in [1.54, 1.807) is 96.9 Å². The van der Waals surface area contributed by atoms with Gasteiger partial charge in [0.1, 0.15) is 22.4 Å². The largest absolute Gasteiger partial charge is 0.460 e. The topological polar surface area (TPSA) is 105 Å². The fraction of sp³-hybridized carbons (Fsp3) is 0.590. The number of benzene rings is 2. The van der Waals surface area contributed by atoms with Crippen LogP contribution in [0.25, 0.3) is 11.1 Å². The van der Waals surface area contributed by atoms with Gasteiger partial charge in [0.15, 0.2) is 0 Å². The second-order valence-electron chi connectivity index (χ2n) is 16.6. The van der Waals surface area contributed by atoms with Crippen LogP contribution in [0.4, 0.5) is 0 Å². The molecule has 0 saturated heterocycles. The van der Waals surface area contributed by atoms with Gasteiger partial charge < -0.3 is 18.9 Å². The number of esters is 4. The fourth-order valence-electron chi connectivity index (χ4n) is 6.53. The lowest BCUT2D eigenvalue weighted by Gasteiger charge is -2.47. The molecule has 0 amide bonds. The Morgan fingerprint density at radius 3 is 1.00 bits per heavy atom. The molecule has 2 aromatic carbocycles. The molecule has 258 valence electrons. The molecule has 0 radical (unpaired) electrons. The van der Waals surface area contributed by atoms with E-state index in [0.717, 1.165) is 11.1 Å². The van der Waals surface area contributed by atoms with Crippen molar-refractivity contribution >= 4 is 23.9 Å². The molecule has 47 heavy (non-hydrogen) atoms. The highest BCUT2D eigenvalue weighted by atomic mass is 16.6. The van der Waals surface area contributed by atoms with E-state index in [0.29, 0.717) is 11.1 Å². The Bertz CT molecular complexity index is 1380. The van der Waals surface area contributed by atoms with Crippen LogP contribution < -0.4 is 0 Å². The van der Waals surface area contributed by atoms with Gasteiger partial charge in [0.05, 0.1) is 23.7 Å². The molecule has 1 aliphatic carbocycles. The summed E-state index contributed by atoms with van der Waals surface area (Å²) in [5, 5.41) is 0. The number of ether oxygens (including phenoxy) is 4. The van der Waals surface area contributed by atoms with Gasteiger partial charge in [-0.3, -0.25) is 19.2 Å². The van der Waals surface area contributed by atoms with Crippen molar-refractivity contribution in [2.75, 3.05) is 0 Å². The van der Waals surface area contributed by atoms with Crippen molar-refractivity contribution in [1.29, 1.82) is 0 Å². The SMILES string of the molecule is CC(C(=O)OC(C)(C)C)C(C(=O)OC(C)(C)C)C1(C(C(=O)OC(C)(C)C)C(C)C(=O)OC(C)(C)C)c2ccccc2-c2ccccc21. The molecular formula is C39H54O8. The molecule has 8 heteroatoms. The molecule has 0 fully saturated rings. The molecule has 0 bridgehead atoms. The van der Waals surface area contributed by atoms with Crippen LogP contribution in [0.3, 0.4) is 0 Å². The minimum absolute atomic E-state index is 0.610. The number of fused-ring (bicyclic) bond motifs is 3. The van der Waals surface area contributed by atoms with Gasteiger partial charge in [-0.1, -0.05) is 62.4 Å². The van der Waals surface area contributed by atoms with Crippen molar-refractivity contribution in [2.45, 2.75) is 125 Å². The predicted octanol–water partition coefficient (Wildman–Crippen LogP) is 7.82. The molecule has 0 heterocycles. The van der Waals surface area contributed by atoms with Gasteiger partial charge in [0.25, 0.3) is 0 Å². The third-order valence-electron chi connectivity index (χ3n) is 7.90. The van der Waals surface area contributed by atoms with Crippen molar-refractivity contribution in [3.05, 3.63) is 59.7 Å². The van der Waals surface area contributed by atoms with E-state index in [4.69, 9.17) is 18.9 Å². The fourth-order valence-corrected chi connectivity index (χ4v) is 6.53. The normalized spacial score (nSPS) is 16.9. The Morgan fingerprint density at radius 1 is 0.468 bits per heavy atom. The summed E-state index contributed by atoms with van der Waals surface area (Å²) < 4.78 is 24.0. The predicted molar refractivity (Wildman–Crippen MR) is 181 cm³/mol. The Labute approximate surface area is 280 Å². The maximum atomic E-state index is 14.8. The zero-order chi connectivity index (χ0) is 35.9. The molecule has 1 aliphatic rings. The van der Waals surface area contributed by atoms with Gasteiger partial charge in [0.2, 0.25) is 0 Å². The average molecular weight is 651 g/mol. The smallest absolute Gasteiger partial charge is 0.311 e. The highest BCUT2D eigenvalue weighted by Gasteiger charge is 2.64. The van der Waals surface area contributed by atoms with Gasteiger partial charge in [0, 0.05) is 5.41 Å². The molecule has 0 spiro atoms. The lowest BCUT2D eigenvalue weighted by Crippen LogP contribution is -2.57. The lowest BCUT2D eigenvalue weighted by atomic mass is 9.55. The van der Waals surface area contributed by atoms with Crippen LogP contribution in [-0.4, -0.2) is 46.3 Å². The van der Waals surface area contributed by atoms with E-state index in [-0.39, 0.29) is 0 Å². The Kier molecular flexibility index (Phi) is 10.5. The molecule has 0 saturated carbocycles. The number of rotatable bonds is 8. The van der Waals surface area contributed by atoms with Gasteiger partial charge in [-0.2, -0.15) is 0 Å². The molecule has 0 aliphatic heterocycles. The van der Waals surface area contributed by atoms with Crippen LogP contribution >= 0.6 is 0 Å². The van der Waals surface area contributed by atoms with Crippen molar-refractivity contribution in [3.8, 4) is 11.1 Å². The van der Waals surface area contributed by atoms with Crippen LogP contribution in [0.2, 0.25) is 0 Å². The molecule has 2 aromatic rings. The van der Waals surface area contributed by atoms with Crippen LogP contribution in [0.15, 0.2) is 48.5 Å². The van der Waals surface area contributed by atoms with Crippen molar-refractivity contribution in [3.63, 3.8) is 0 Å². The Balaban J connectivity index is 2.58. The first-order valence-electron chi connectivity index (χ1n) is 16.4. The average Bonchev–Trinajstić information content (AvgIpc) is 3.15. The first-order chi connectivity index (χ1) is 21.3. The first kappa shape index (κ1) is 37.8. The third kappa shape index (κ3) is 8.43. The van der Waals surface area contributed by atoms with Crippen LogP contribution in [0.1, 0.15) is 108 Å². The summed E-state index contributed by atoms with van der Waals surface area (Å²) in [4.78, 5) is 57.8. The van der Waals surface area contributed by atoms with E-state index in [2.05, 4.69) is 0 Å². The Morgan fingerprint density at radius 2 is 0.723 bits per heavy atom. The summed E-state index contributed by atoms with van der Waals surface area (Å²) >= 11 is 0. The molecule has 8 nitrogen and oxygen atoms in total. The van der Waals surface area contributed by atoms with Crippen molar-refractivity contribution in [1.82, 2.24) is 0 Å². The van der Waals surface area contributed by atoms with Crippen molar-refractivity contribution in [2.24, 2.45) is 23.7 Å². The minimum Gasteiger partial charge on any atom is -0.460 e. The molecule has 0 aromatic heterocycles. The summed E-state index contributed by atoms with van der Waals surface area (Å²) in [5.74, 6) is -7.59. The van der Waals surface area contributed by atoms with Gasteiger partial charge in [-0.15, -0.1) is 0 Å². The molecule has 4 unspecified atom stereocenters. The van der Waals surface area contributed by atoms with E-state index < -0.39 is 75.4 Å². The zero-order valence-corrected chi connectivity index (χ0v) is 30.7. The quantitative estimate of drug-likeness (QED) is 0.210. The maximum Gasteiger partial charge on any atom is 0.311 e. The number of hydrogen-bond donors (Lipinski definition) is 0. The minimum atomic E-state index is -1.62. The number of carbonyl (C=O) groups excluding carboxylic acids is 4. The Hall–Kier alpha value is -3.68. The first-order valence-corrected chi connectivity index (χ1v) is 16.4. The van der Waals surface area contributed by atoms with E-state index in [1.165, 1.54) is 0 Å². The summed E-state index contributed by atoms with van der Waals surface area (Å²) in [6, 6.07) is 15.0. The highest BCUT2D eigenvalue weighted by molar-refractivity contribution is 5.94. The highest BCUT2D eigenvalue weighted by Crippen LogP contribution is 2.60. The molecule has 4 atom stereocenters.